The smallest absolute Gasteiger partial charge is 0.184 e. The molecule has 14 heavy (non-hydrogen) atoms. The van der Waals surface area contributed by atoms with Crippen molar-refractivity contribution in [1.82, 2.24) is 9.78 Å². The van der Waals surface area contributed by atoms with Crippen molar-refractivity contribution < 1.29 is 9.53 Å². The summed E-state index contributed by atoms with van der Waals surface area (Å²) in [6.07, 6.45) is 1.92. The second-order valence-electron chi connectivity index (χ2n) is 3.14. The lowest BCUT2D eigenvalue weighted by molar-refractivity contribution is 0.0783. The summed E-state index contributed by atoms with van der Waals surface area (Å²) >= 11 is 3.28. The first-order valence-electron chi connectivity index (χ1n) is 4.29. The Morgan fingerprint density at radius 3 is 2.86 bits per heavy atom. The molecule has 0 amide bonds. The first kappa shape index (κ1) is 11.4. The molecule has 0 aliphatic carbocycles. The van der Waals surface area contributed by atoms with E-state index in [2.05, 4.69) is 21.0 Å². The first-order chi connectivity index (χ1) is 6.56. The number of aromatic nitrogens is 2. The fraction of sp³-hybridized carbons (Fsp3) is 0.556. The van der Waals surface area contributed by atoms with Crippen LogP contribution in [0.15, 0.2) is 10.7 Å². The summed E-state index contributed by atoms with van der Waals surface area (Å²) in [4.78, 5) is 11.7. The van der Waals surface area contributed by atoms with Crippen LogP contribution in [0.2, 0.25) is 0 Å². The molecule has 0 aliphatic heterocycles. The van der Waals surface area contributed by atoms with E-state index in [0.29, 0.717) is 12.1 Å². The molecule has 78 valence electrons. The average Bonchev–Trinajstić information content (AvgIpc) is 2.46. The number of carbonyl (C=O) groups is 1. The van der Waals surface area contributed by atoms with Crippen LogP contribution in [-0.4, -0.2) is 28.8 Å². The van der Waals surface area contributed by atoms with Crippen molar-refractivity contribution in [2.24, 2.45) is 7.05 Å². The molecule has 5 heteroatoms. The second kappa shape index (κ2) is 4.70. The van der Waals surface area contributed by atoms with Crippen molar-refractivity contribution in [3.8, 4) is 0 Å². The third-order valence-electron chi connectivity index (χ3n) is 2.03. The van der Waals surface area contributed by atoms with Gasteiger partial charge in [-0.2, -0.15) is 5.10 Å². The van der Waals surface area contributed by atoms with Crippen LogP contribution in [0.25, 0.3) is 0 Å². The molecule has 0 N–H and O–H groups in total. The summed E-state index contributed by atoms with van der Waals surface area (Å²) in [7, 11) is 3.34. The minimum atomic E-state index is -0.0655. The van der Waals surface area contributed by atoms with Crippen LogP contribution < -0.4 is 0 Å². The SMILES string of the molecule is COC(C)CC(=O)c1c(Br)cnn1C. The maximum Gasteiger partial charge on any atom is 0.184 e. The zero-order chi connectivity index (χ0) is 10.7. The molecule has 0 radical (unpaired) electrons. The molecule has 4 nitrogen and oxygen atoms in total. The van der Waals surface area contributed by atoms with E-state index in [1.165, 1.54) is 0 Å². The fourth-order valence-electron chi connectivity index (χ4n) is 1.17. The van der Waals surface area contributed by atoms with Gasteiger partial charge in [-0.05, 0) is 22.9 Å². The van der Waals surface area contributed by atoms with Crippen molar-refractivity contribution in [2.75, 3.05) is 7.11 Å². The Kier molecular flexibility index (Phi) is 3.83. The largest absolute Gasteiger partial charge is 0.381 e. The molecule has 0 saturated heterocycles. The van der Waals surface area contributed by atoms with Gasteiger partial charge < -0.3 is 4.74 Å². The maximum atomic E-state index is 11.7. The van der Waals surface area contributed by atoms with Gasteiger partial charge in [0.15, 0.2) is 5.78 Å². The van der Waals surface area contributed by atoms with Gasteiger partial charge in [-0.1, -0.05) is 0 Å². The minimum Gasteiger partial charge on any atom is -0.381 e. The van der Waals surface area contributed by atoms with E-state index in [-0.39, 0.29) is 11.9 Å². The lowest BCUT2D eigenvalue weighted by atomic mass is 10.1. The fourth-order valence-corrected chi connectivity index (χ4v) is 1.73. The molecule has 1 unspecified atom stereocenters. The number of carbonyl (C=O) groups excluding carboxylic acids is 1. The lowest BCUT2D eigenvalue weighted by Crippen LogP contribution is -2.15. The highest BCUT2D eigenvalue weighted by Gasteiger charge is 2.17. The van der Waals surface area contributed by atoms with Crippen molar-refractivity contribution >= 4 is 21.7 Å². The van der Waals surface area contributed by atoms with Crippen LogP contribution in [0.3, 0.4) is 0 Å². The zero-order valence-corrected chi connectivity index (χ0v) is 10.0. The Morgan fingerprint density at radius 1 is 1.79 bits per heavy atom. The molecule has 0 aromatic carbocycles. The number of rotatable bonds is 4. The predicted molar refractivity (Wildman–Crippen MR) is 56.3 cm³/mol. The van der Waals surface area contributed by atoms with Crippen molar-refractivity contribution in [2.45, 2.75) is 19.4 Å². The Bertz CT molecular complexity index is 316. The van der Waals surface area contributed by atoms with Gasteiger partial charge in [0.1, 0.15) is 5.69 Å². The highest BCUT2D eigenvalue weighted by Crippen LogP contribution is 2.17. The topological polar surface area (TPSA) is 44.1 Å². The number of nitrogens with zero attached hydrogens (tertiary/aromatic N) is 2. The van der Waals surface area contributed by atoms with Crippen LogP contribution in [0.4, 0.5) is 0 Å². The standard InChI is InChI=1S/C9H13BrN2O2/c1-6(14-3)4-8(13)9-7(10)5-11-12(9)2/h5-6H,4H2,1-3H3. The summed E-state index contributed by atoms with van der Waals surface area (Å²) in [5.41, 5.74) is 0.592. The molecular formula is C9H13BrN2O2. The van der Waals surface area contributed by atoms with Gasteiger partial charge in [-0.15, -0.1) is 0 Å². The minimum absolute atomic E-state index is 0.0335. The molecule has 1 aromatic rings. The number of hydrogen-bond donors (Lipinski definition) is 0. The lowest BCUT2D eigenvalue weighted by Gasteiger charge is -2.08. The van der Waals surface area contributed by atoms with E-state index < -0.39 is 0 Å². The van der Waals surface area contributed by atoms with Gasteiger partial charge in [0.2, 0.25) is 0 Å². The molecule has 0 fully saturated rings. The van der Waals surface area contributed by atoms with E-state index in [1.807, 2.05) is 6.92 Å². The molecule has 1 atom stereocenters. The maximum absolute atomic E-state index is 11.7. The van der Waals surface area contributed by atoms with Crippen LogP contribution in [0.1, 0.15) is 23.8 Å². The number of methoxy groups -OCH3 is 1. The monoisotopic (exact) mass is 260 g/mol. The van der Waals surface area contributed by atoms with Gasteiger partial charge in [0.05, 0.1) is 16.8 Å². The Balaban J connectivity index is 2.79. The van der Waals surface area contributed by atoms with Gasteiger partial charge in [-0.3, -0.25) is 9.48 Å². The van der Waals surface area contributed by atoms with E-state index in [4.69, 9.17) is 4.74 Å². The number of halogens is 1. The molecule has 0 bridgehead atoms. The normalized spacial score (nSPS) is 12.9. The van der Waals surface area contributed by atoms with Gasteiger partial charge in [-0.25, -0.2) is 0 Å². The van der Waals surface area contributed by atoms with Crippen LogP contribution in [-0.2, 0) is 11.8 Å². The summed E-state index contributed by atoms with van der Waals surface area (Å²) in [6.45, 7) is 1.86. The summed E-state index contributed by atoms with van der Waals surface area (Å²) < 4.78 is 7.33. The van der Waals surface area contributed by atoms with Crippen LogP contribution in [0.5, 0.6) is 0 Å². The third-order valence-corrected chi connectivity index (χ3v) is 2.61. The average molecular weight is 261 g/mol. The molecule has 0 spiro atoms. The van der Waals surface area contributed by atoms with Crippen LogP contribution >= 0.6 is 15.9 Å². The van der Waals surface area contributed by atoms with E-state index in [0.717, 1.165) is 4.47 Å². The Labute approximate surface area is 91.4 Å². The Hall–Kier alpha value is -0.680. The van der Waals surface area contributed by atoms with Crippen molar-refractivity contribution in [3.63, 3.8) is 0 Å². The van der Waals surface area contributed by atoms with E-state index >= 15 is 0 Å². The molecule has 0 aliphatic rings. The highest BCUT2D eigenvalue weighted by atomic mass is 79.9. The summed E-state index contributed by atoms with van der Waals surface area (Å²) in [5.74, 6) is 0.0335. The second-order valence-corrected chi connectivity index (χ2v) is 3.99. The summed E-state index contributed by atoms with van der Waals surface area (Å²) in [6, 6.07) is 0. The van der Waals surface area contributed by atoms with E-state index in [9.17, 15) is 4.79 Å². The van der Waals surface area contributed by atoms with Gasteiger partial charge in [0.25, 0.3) is 0 Å². The molecule has 0 saturated carbocycles. The summed E-state index contributed by atoms with van der Waals surface area (Å²) in [5, 5.41) is 3.98. The first-order valence-corrected chi connectivity index (χ1v) is 5.09. The number of hydrogen-bond acceptors (Lipinski definition) is 3. The van der Waals surface area contributed by atoms with Crippen LogP contribution in [0, 0.1) is 0 Å². The number of ketones is 1. The van der Waals surface area contributed by atoms with Crippen molar-refractivity contribution in [1.29, 1.82) is 0 Å². The number of ether oxygens (including phenoxy) is 1. The van der Waals surface area contributed by atoms with Gasteiger partial charge in [0, 0.05) is 20.6 Å². The highest BCUT2D eigenvalue weighted by molar-refractivity contribution is 9.10. The Morgan fingerprint density at radius 2 is 2.43 bits per heavy atom. The molecule has 1 rings (SSSR count). The third kappa shape index (κ3) is 2.42. The zero-order valence-electron chi connectivity index (χ0n) is 8.45. The van der Waals surface area contributed by atoms with Gasteiger partial charge >= 0.3 is 0 Å². The van der Waals surface area contributed by atoms with E-state index in [1.54, 1.807) is 25.0 Å². The number of Topliss-reactive ketones (excluding diaryl/α,β-unsaturated/α-hetero) is 1. The van der Waals surface area contributed by atoms with Crippen molar-refractivity contribution in [3.05, 3.63) is 16.4 Å². The molecule has 1 heterocycles. The molecular weight excluding hydrogens is 248 g/mol. The predicted octanol–water partition coefficient (Wildman–Crippen LogP) is 1.79. The molecule has 1 aromatic heterocycles. The number of aryl methyl sites for hydroxylation is 1. The quantitative estimate of drug-likeness (QED) is 0.776.